The Labute approximate surface area is 145 Å². The first-order valence-electron chi connectivity index (χ1n) is 8.13. The molecule has 1 aromatic heterocycles. The minimum atomic E-state index is -1.34. The Morgan fingerprint density at radius 3 is 2.48 bits per heavy atom. The summed E-state index contributed by atoms with van der Waals surface area (Å²) in [5.41, 5.74) is 1.28. The zero-order valence-corrected chi connectivity index (χ0v) is 14.8. The average molecular weight is 345 g/mol. The summed E-state index contributed by atoms with van der Waals surface area (Å²) < 4.78 is 4.94. The molecule has 1 heterocycles. The lowest BCUT2D eigenvalue weighted by atomic mass is 9.66. The number of carbonyl (C=O) groups excluding carboxylic acids is 1. The number of rotatable bonds is 3. The summed E-state index contributed by atoms with van der Waals surface area (Å²) in [6, 6.07) is 7.61. The molecular formula is C18H23N3O4. The molecule has 0 amide bonds. The van der Waals surface area contributed by atoms with Gasteiger partial charge in [-0.05, 0) is 24.6 Å². The van der Waals surface area contributed by atoms with Crippen LogP contribution in [0.3, 0.4) is 0 Å². The van der Waals surface area contributed by atoms with E-state index in [2.05, 4.69) is 10.2 Å². The molecule has 7 nitrogen and oxygen atoms in total. The number of methoxy groups -OCH3 is 1. The van der Waals surface area contributed by atoms with Crippen molar-refractivity contribution in [3.63, 3.8) is 0 Å². The van der Waals surface area contributed by atoms with Gasteiger partial charge in [-0.2, -0.15) is 0 Å². The highest BCUT2D eigenvalue weighted by molar-refractivity contribution is 5.77. The van der Waals surface area contributed by atoms with Gasteiger partial charge >= 0.3 is 5.97 Å². The van der Waals surface area contributed by atoms with Gasteiger partial charge in [-0.1, -0.05) is 12.1 Å². The number of aliphatic hydroxyl groups is 1. The summed E-state index contributed by atoms with van der Waals surface area (Å²) in [4.78, 5) is 26.8. The third-order valence-electron chi connectivity index (χ3n) is 4.97. The van der Waals surface area contributed by atoms with Crippen LogP contribution in [0.2, 0.25) is 0 Å². The molecule has 1 aliphatic rings. The Bertz CT molecular complexity index is 833. The van der Waals surface area contributed by atoms with Crippen LogP contribution in [0.1, 0.15) is 29.7 Å². The summed E-state index contributed by atoms with van der Waals surface area (Å²) in [6.07, 6.45) is 0.174. The lowest BCUT2D eigenvalue weighted by Gasteiger charge is -2.40. The number of esters is 1. The van der Waals surface area contributed by atoms with E-state index in [9.17, 15) is 14.7 Å². The topological polar surface area (TPSA) is 98.4 Å². The molecule has 0 unspecified atom stereocenters. The first-order chi connectivity index (χ1) is 11.8. The molecule has 25 heavy (non-hydrogen) atoms. The number of nitrogens with one attached hydrogen (secondary N) is 2. The molecule has 0 bridgehead atoms. The lowest BCUT2D eigenvalue weighted by Crippen LogP contribution is -2.49. The molecule has 0 radical (unpaired) electrons. The zero-order chi connectivity index (χ0) is 18.4. The first kappa shape index (κ1) is 17.3. The van der Waals surface area contributed by atoms with Crippen molar-refractivity contribution in [3.8, 4) is 0 Å². The monoisotopic (exact) mass is 345 g/mol. The van der Waals surface area contributed by atoms with Crippen molar-refractivity contribution >= 4 is 11.7 Å². The number of aromatic amines is 2. The van der Waals surface area contributed by atoms with Crippen LogP contribution in [0.4, 0.5) is 5.69 Å². The number of aromatic nitrogens is 2. The maximum Gasteiger partial charge on any atom is 0.312 e. The van der Waals surface area contributed by atoms with E-state index >= 15 is 0 Å². The Morgan fingerprint density at radius 1 is 1.28 bits per heavy atom. The van der Waals surface area contributed by atoms with Crippen LogP contribution in [-0.4, -0.2) is 48.1 Å². The predicted molar refractivity (Wildman–Crippen MR) is 93.9 cm³/mol. The van der Waals surface area contributed by atoms with Gasteiger partial charge in [-0.15, -0.1) is 0 Å². The second kappa shape index (κ2) is 6.07. The van der Waals surface area contributed by atoms with Crippen LogP contribution < -0.4 is 10.5 Å². The van der Waals surface area contributed by atoms with Gasteiger partial charge in [0.05, 0.1) is 18.6 Å². The van der Waals surface area contributed by atoms with Gasteiger partial charge in [0.25, 0.3) is 5.56 Å². The number of H-pyrrole nitrogens is 2. The van der Waals surface area contributed by atoms with Crippen LogP contribution in [0.5, 0.6) is 0 Å². The third-order valence-corrected chi connectivity index (χ3v) is 4.97. The maximum atomic E-state index is 12.5. The van der Waals surface area contributed by atoms with E-state index in [4.69, 9.17) is 4.74 Å². The Hall–Kier alpha value is -2.54. The maximum absolute atomic E-state index is 12.5. The summed E-state index contributed by atoms with van der Waals surface area (Å²) in [5.74, 6) is -1.98. The zero-order valence-electron chi connectivity index (χ0n) is 14.8. The summed E-state index contributed by atoms with van der Waals surface area (Å²) in [6.45, 7) is 1.60. The SMILES string of the molecule is COC(=O)[C@@H]1[C@H](c2ccc(N(C)C)cc2)c2c([nH][nH]c2=O)C[C@]1(C)O. The first-order valence-corrected chi connectivity index (χ1v) is 8.13. The quantitative estimate of drug-likeness (QED) is 0.721. The van der Waals surface area contributed by atoms with Crippen LogP contribution in [0.25, 0.3) is 0 Å². The molecule has 0 aliphatic heterocycles. The minimum absolute atomic E-state index is 0.174. The smallest absolute Gasteiger partial charge is 0.312 e. The number of ether oxygens (including phenoxy) is 1. The molecule has 3 N–H and O–H groups in total. The molecule has 0 saturated carbocycles. The lowest BCUT2D eigenvalue weighted by molar-refractivity contribution is -0.156. The van der Waals surface area contributed by atoms with Gasteiger partial charge in [-0.3, -0.25) is 14.7 Å². The van der Waals surface area contributed by atoms with Crippen LogP contribution in [-0.2, 0) is 16.0 Å². The predicted octanol–water partition coefficient (Wildman–Crippen LogP) is 0.997. The average Bonchev–Trinajstić information content (AvgIpc) is 2.92. The molecule has 0 fully saturated rings. The van der Waals surface area contributed by atoms with Gasteiger partial charge in [0.2, 0.25) is 0 Å². The fraction of sp³-hybridized carbons (Fsp3) is 0.444. The Balaban J connectivity index is 2.18. The van der Waals surface area contributed by atoms with Crippen molar-refractivity contribution in [1.29, 1.82) is 0 Å². The van der Waals surface area contributed by atoms with Crippen molar-refractivity contribution in [2.45, 2.75) is 24.9 Å². The van der Waals surface area contributed by atoms with Crippen molar-refractivity contribution in [2.24, 2.45) is 5.92 Å². The van der Waals surface area contributed by atoms with E-state index in [0.29, 0.717) is 11.3 Å². The van der Waals surface area contributed by atoms with Gasteiger partial charge in [-0.25, -0.2) is 0 Å². The van der Waals surface area contributed by atoms with E-state index in [0.717, 1.165) is 11.3 Å². The standard InChI is InChI=1S/C18H23N3O4/c1-18(24)9-12-14(16(22)20-19-12)13(15(18)17(23)25-4)10-5-7-11(8-6-10)21(2)3/h5-8,13,15,24H,9H2,1-4H3,(H2,19,20,22)/t13-,15+,18+/m1/s1. The van der Waals surface area contributed by atoms with E-state index in [1.807, 2.05) is 43.3 Å². The number of anilines is 1. The number of nitrogens with zero attached hydrogens (tertiary/aromatic N) is 1. The Morgan fingerprint density at radius 2 is 1.92 bits per heavy atom. The van der Waals surface area contributed by atoms with Gasteiger partial charge in [0.1, 0.15) is 0 Å². The van der Waals surface area contributed by atoms with Crippen LogP contribution >= 0.6 is 0 Å². The highest BCUT2D eigenvalue weighted by Crippen LogP contribution is 2.44. The molecule has 2 aromatic rings. The summed E-state index contributed by atoms with van der Waals surface area (Å²) >= 11 is 0. The van der Waals surface area contributed by atoms with Crippen LogP contribution in [0.15, 0.2) is 29.1 Å². The molecule has 1 aromatic carbocycles. The molecule has 3 atom stereocenters. The highest BCUT2D eigenvalue weighted by Gasteiger charge is 2.51. The number of benzene rings is 1. The van der Waals surface area contributed by atoms with E-state index in [-0.39, 0.29) is 12.0 Å². The van der Waals surface area contributed by atoms with Gasteiger partial charge in [0, 0.05) is 43.4 Å². The molecule has 7 heteroatoms. The summed E-state index contributed by atoms with van der Waals surface area (Å²) in [7, 11) is 5.17. The van der Waals surface area contributed by atoms with Crippen molar-refractivity contribution in [2.75, 3.05) is 26.1 Å². The molecule has 1 aliphatic carbocycles. The van der Waals surface area contributed by atoms with E-state index in [1.54, 1.807) is 6.92 Å². The number of carbonyl (C=O) groups is 1. The van der Waals surface area contributed by atoms with Gasteiger partial charge in [0.15, 0.2) is 0 Å². The highest BCUT2D eigenvalue weighted by atomic mass is 16.5. The molecular weight excluding hydrogens is 322 g/mol. The van der Waals surface area contributed by atoms with E-state index < -0.39 is 23.4 Å². The van der Waals surface area contributed by atoms with E-state index in [1.165, 1.54) is 7.11 Å². The van der Waals surface area contributed by atoms with Crippen molar-refractivity contribution < 1.29 is 14.6 Å². The van der Waals surface area contributed by atoms with Gasteiger partial charge < -0.3 is 19.8 Å². The molecule has 134 valence electrons. The number of fused-ring (bicyclic) bond motifs is 1. The van der Waals surface area contributed by atoms with Crippen LogP contribution in [0, 0.1) is 5.92 Å². The molecule has 0 spiro atoms. The molecule has 0 saturated heterocycles. The summed E-state index contributed by atoms with van der Waals surface area (Å²) in [5, 5.41) is 16.3. The third kappa shape index (κ3) is 2.84. The second-order valence-corrected chi connectivity index (χ2v) is 6.97. The minimum Gasteiger partial charge on any atom is -0.469 e. The normalized spacial score (nSPS) is 25.3. The number of hydrogen-bond donors (Lipinski definition) is 3. The number of hydrogen-bond acceptors (Lipinski definition) is 5. The Kier molecular flexibility index (Phi) is 4.20. The van der Waals surface area contributed by atoms with Crippen molar-refractivity contribution in [1.82, 2.24) is 10.2 Å². The largest absolute Gasteiger partial charge is 0.469 e. The fourth-order valence-electron chi connectivity index (χ4n) is 3.72. The second-order valence-electron chi connectivity index (χ2n) is 6.97. The molecule has 3 rings (SSSR count). The van der Waals surface area contributed by atoms with Crippen molar-refractivity contribution in [3.05, 3.63) is 51.4 Å². The fourth-order valence-corrected chi connectivity index (χ4v) is 3.72.